The zero-order valence-electron chi connectivity index (χ0n) is 20.6. The number of hydrogen-bond acceptors (Lipinski definition) is 3. The van der Waals surface area contributed by atoms with E-state index >= 15 is 0 Å². The highest BCUT2D eigenvalue weighted by Crippen LogP contribution is 2.39. The Balaban J connectivity index is 0.00000141. The van der Waals surface area contributed by atoms with Crippen molar-refractivity contribution >= 4 is 0 Å². The predicted molar refractivity (Wildman–Crippen MR) is 134 cm³/mol. The molecule has 0 spiro atoms. The molecule has 2 aromatic heterocycles. The minimum Gasteiger partial charge on any atom is -0.365 e. The molecule has 3 atom stereocenters. The summed E-state index contributed by atoms with van der Waals surface area (Å²) in [6.07, 6.45) is 6.05. The maximum atomic E-state index is 4.77. The standard InChI is InChI=1S/C25H33N5.C2H6/c1-6-18(4)19(5)29-16-17(3)14-24(29)25-26-15-22(28-25)20-8-10-21(11-9-20)23-12-13-27-30(23)7-2;1-2/h8-13,15,17-18,24H,5-7,14,16H2,1-4H3,(H,26,28);1-2H3. The highest BCUT2D eigenvalue weighted by atomic mass is 15.3. The van der Waals surface area contributed by atoms with Crippen molar-refractivity contribution in [2.45, 2.75) is 67.0 Å². The number of aromatic amines is 1. The van der Waals surface area contributed by atoms with Crippen molar-refractivity contribution < 1.29 is 0 Å². The van der Waals surface area contributed by atoms with Crippen molar-refractivity contribution in [2.24, 2.45) is 11.8 Å². The Hall–Kier alpha value is -2.82. The van der Waals surface area contributed by atoms with Gasteiger partial charge in [0, 0.05) is 25.0 Å². The monoisotopic (exact) mass is 433 g/mol. The Bertz CT molecular complexity index is 997. The van der Waals surface area contributed by atoms with Crippen LogP contribution in [0.3, 0.4) is 0 Å². The highest BCUT2D eigenvalue weighted by Gasteiger charge is 2.34. The summed E-state index contributed by atoms with van der Waals surface area (Å²) in [5.41, 5.74) is 5.78. The fourth-order valence-electron chi connectivity index (χ4n) is 4.44. The molecule has 3 unspecified atom stereocenters. The van der Waals surface area contributed by atoms with Gasteiger partial charge in [0.2, 0.25) is 0 Å². The van der Waals surface area contributed by atoms with Gasteiger partial charge in [-0.05, 0) is 48.8 Å². The summed E-state index contributed by atoms with van der Waals surface area (Å²) in [4.78, 5) is 10.8. The number of nitrogens with zero attached hydrogens (tertiary/aromatic N) is 4. The van der Waals surface area contributed by atoms with E-state index in [2.05, 4.69) is 79.6 Å². The number of aryl methyl sites for hydroxylation is 1. The van der Waals surface area contributed by atoms with Crippen molar-refractivity contribution in [3.05, 3.63) is 60.8 Å². The number of allylic oxidation sites excluding steroid dienone is 1. The zero-order valence-corrected chi connectivity index (χ0v) is 20.6. The molecule has 0 amide bonds. The Morgan fingerprint density at radius 2 is 1.84 bits per heavy atom. The number of benzene rings is 1. The largest absolute Gasteiger partial charge is 0.365 e. The summed E-state index contributed by atoms with van der Waals surface area (Å²) in [6.45, 7) is 19.3. The van der Waals surface area contributed by atoms with Crippen molar-refractivity contribution in [3.63, 3.8) is 0 Å². The quantitative estimate of drug-likeness (QED) is 0.439. The fraction of sp³-hybridized carbons (Fsp3) is 0.481. The van der Waals surface area contributed by atoms with Gasteiger partial charge in [-0.2, -0.15) is 5.10 Å². The van der Waals surface area contributed by atoms with Crippen LogP contribution in [-0.4, -0.2) is 31.2 Å². The van der Waals surface area contributed by atoms with Crippen LogP contribution in [0, 0.1) is 11.8 Å². The van der Waals surface area contributed by atoms with E-state index in [9.17, 15) is 0 Å². The number of aromatic nitrogens is 4. The first-order valence-corrected chi connectivity index (χ1v) is 12.1. The van der Waals surface area contributed by atoms with Gasteiger partial charge in [0.05, 0.1) is 23.6 Å². The molecular formula is C27H39N5. The molecule has 172 valence electrons. The third kappa shape index (κ3) is 4.82. The van der Waals surface area contributed by atoms with Crippen LogP contribution in [0.25, 0.3) is 22.5 Å². The van der Waals surface area contributed by atoms with Crippen LogP contribution in [0.1, 0.15) is 66.3 Å². The van der Waals surface area contributed by atoms with Crippen LogP contribution in [0.4, 0.5) is 0 Å². The molecule has 5 heteroatoms. The molecule has 0 bridgehead atoms. The van der Waals surface area contributed by atoms with Gasteiger partial charge in [-0.3, -0.25) is 4.68 Å². The van der Waals surface area contributed by atoms with Gasteiger partial charge in [-0.1, -0.05) is 65.5 Å². The van der Waals surface area contributed by atoms with E-state index in [1.165, 1.54) is 11.3 Å². The summed E-state index contributed by atoms with van der Waals surface area (Å²) in [5, 5.41) is 4.37. The van der Waals surface area contributed by atoms with Gasteiger partial charge in [-0.15, -0.1) is 0 Å². The number of H-pyrrole nitrogens is 1. The molecule has 1 aliphatic heterocycles. The molecule has 4 rings (SSSR count). The first kappa shape index (κ1) is 23.8. The molecule has 1 N–H and O–H groups in total. The number of rotatable bonds is 7. The zero-order chi connectivity index (χ0) is 23.3. The highest BCUT2D eigenvalue weighted by molar-refractivity contribution is 5.66. The lowest BCUT2D eigenvalue weighted by atomic mass is 10.0. The molecule has 5 nitrogen and oxygen atoms in total. The summed E-state index contributed by atoms with van der Waals surface area (Å²) >= 11 is 0. The van der Waals surface area contributed by atoms with E-state index < -0.39 is 0 Å². The normalized spacial score (nSPS) is 18.9. The first-order chi connectivity index (χ1) is 15.5. The number of likely N-dealkylation sites (tertiary alicyclic amines) is 1. The summed E-state index contributed by atoms with van der Waals surface area (Å²) in [5.74, 6) is 2.19. The van der Waals surface area contributed by atoms with Crippen LogP contribution in [0.15, 0.2) is 55.0 Å². The van der Waals surface area contributed by atoms with E-state index in [0.29, 0.717) is 11.8 Å². The second-order valence-corrected chi connectivity index (χ2v) is 8.60. The maximum absolute atomic E-state index is 4.77. The maximum Gasteiger partial charge on any atom is 0.129 e. The van der Waals surface area contributed by atoms with E-state index in [-0.39, 0.29) is 6.04 Å². The molecule has 0 radical (unpaired) electrons. The smallest absolute Gasteiger partial charge is 0.129 e. The van der Waals surface area contributed by atoms with Gasteiger partial charge < -0.3 is 9.88 Å². The summed E-state index contributed by atoms with van der Waals surface area (Å²) in [7, 11) is 0. The summed E-state index contributed by atoms with van der Waals surface area (Å²) in [6, 6.07) is 11.0. The van der Waals surface area contributed by atoms with Crippen LogP contribution < -0.4 is 0 Å². The molecule has 0 aliphatic carbocycles. The number of nitrogens with one attached hydrogen (secondary N) is 1. The molecule has 3 aromatic rings. The third-order valence-corrected chi connectivity index (χ3v) is 6.48. The third-order valence-electron chi connectivity index (χ3n) is 6.48. The van der Waals surface area contributed by atoms with Gasteiger partial charge in [0.15, 0.2) is 0 Å². The van der Waals surface area contributed by atoms with Crippen molar-refractivity contribution in [2.75, 3.05) is 6.54 Å². The van der Waals surface area contributed by atoms with Crippen LogP contribution in [0.2, 0.25) is 0 Å². The average molecular weight is 434 g/mol. The SMILES string of the molecule is C=C(C(C)CC)N1CC(C)CC1c1ncc(-c2ccc(-c3ccnn3CC)cc2)[nH]1.CC. The average Bonchev–Trinajstić information content (AvgIpc) is 3.58. The minimum atomic E-state index is 0.286. The topological polar surface area (TPSA) is 49.7 Å². The Morgan fingerprint density at radius 1 is 1.16 bits per heavy atom. The van der Waals surface area contributed by atoms with E-state index in [4.69, 9.17) is 4.98 Å². The second kappa shape index (κ2) is 10.7. The van der Waals surface area contributed by atoms with Crippen molar-refractivity contribution in [3.8, 4) is 22.5 Å². The minimum absolute atomic E-state index is 0.286. The molecule has 32 heavy (non-hydrogen) atoms. The number of hydrogen-bond donors (Lipinski definition) is 1. The van der Waals surface area contributed by atoms with Gasteiger partial charge in [-0.25, -0.2) is 4.98 Å². The lowest BCUT2D eigenvalue weighted by Crippen LogP contribution is -2.26. The Kier molecular flexibility index (Phi) is 7.94. The van der Waals surface area contributed by atoms with Gasteiger partial charge >= 0.3 is 0 Å². The molecule has 1 aliphatic rings. The molecule has 3 heterocycles. The Morgan fingerprint density at radius 3 is 2.50 bits per heavy atom. The lowest BCUT2D eigenvalue weighted by molar-refractivity contribution is 0.280. The summed E-state index contributed by atoms with van der Waals surface area (Å²) < 4.78 is 2.02. The molecule has 0 saturated carbocycles. The van der Waals surface area contributed by atoms with E-state index in [0.717, 1.165) is 48.7 Å². The first-order valence-electron chi connectivity index (χ1n) is 12.1. The van der Waals surface area contributed by atoms with E-state index in [1.807, 2.05) is 30.9 Å². The Labute approximate surface area is 193 Å². The molecule has 1 saturated heterocycles. The van der Waals surface area contributed by atoms with Crippen molar-refractivity contribution in [1.82, 2.24) is 24.6 Å². The fourth-order valence-corrected chi connectivity index (χ4v) is 4.44. The molecular weight excluding hydrogens is 394 g/mol. The molecule has 1 aromatic carbocycles. The number of imidazole rings is 1. The molecule has 1 fully saturated rings. The van der Waals surface area contributed by atoms with Gasteiger partial charge in [0.1, 0.15) is 5.82 Å². The van der Waals surface area contributed by atoms with Crippen LogP contribution in [0.5, 0.6) is 0 Å². The van der Waals surface area contributed by atoms with Crippen molar-refractivity contribution in [1.29, 1.82) is 0 Å². The van der Waals surface area contributed by atoms with Gasteiger partial charge in [0.25, 0.3) is 0 Å². The van der Waals surface area contributed by atoms with Crippen LogP contribution in [-0.2, 0) is 6.54 Å². The van der Waals surface area contributed by atoms with Crippen LogP contribution >= 0.6 is 0 Å². The second-order valence-electron chi connectivity index (χ2n) is 8.60. The lowest BCUT2D eigenvalue weighted by Gasteiger charge is -2.30. The predicted octanol–water partition coefficient (Wildman–Crippen LogP) is 6.93. The van der Waals surface area contributed by atoms with E-state index in [1.54, 1.807) is 0 Å².